The van der Waals surface area contributed by atoms with E-state index in [2.05, 4.69) is 10.3 Å². The van der Waals surface area contributed by atoms with Crippen molar-refractivity contribution in [2.24, 2.45) is 0 Å². The lowest BCUT2D eigenvalue weighted by atomic mass is 9.96. The summed E-state index contributed by atoms with van der Waals surface area (Å²) in [4.78, 5) is 16.7. The Hall–Kier alpha value is -2.53. The zero-order chi connectivity index (χ0) is 17.0. The van der Waals surface area contributed by atoms with Gasteiger partial charge in [0, 0.05) is 35.1 Å². The largest absolute Gasteiger partial charge is 0.394 e. The molecule has 0 radical (unpaired) electrons. The predicted octanol–water partition coefficient (Wildman–Crippen LogP) is 2.47. The number of rotatable bonds is 5. The minimum absolute atomic E-state index is 0.115. The van der Waals surface area contributed by atoms with Crippen molar-refractivity contribution in [1.29, 1.82) is 5.41 Å². The van der Waals surface area contributed by atoms with Gasteiger partial charge in [-0.2, -0.15) is 0 Å². The number of nitrogens with one attached hydrogen (secondary N) is 2. The Labute approximate surface area is 135 Å². The first-order valence-corrected chi connectivity index (χ1v) is 7.46. The zero-order valence-corrected chi connectivity index (χ0v) is 13.6. The molecule has 2 rings (SSSR count). The molecule has 23 heavy (non-hydrogen) atoms. The van der Waals surface area contributed by atoms with Crippen LogP contribution in [0.2, 0.25) is 0 Å². The number of aliphatic hydroxyl groups is 1. The molecule has 3 N–H and O–H groups in total. The molecule has 0 bridgehead atoms. The summed E-state index contributed by atoms with van der Waals surface area (Å²) in [5.74, 6) is -0.250. The zero-order valence-electron chi connectivity index (χ0n) is 13.6. The number of benzene rings is 1. The maximum atomic E-state index is 12.3. The number of nitrogens with zero attached hydrogens (tertiary/aromatic N) is 1. The second-order valence-corrected chi connectivity index (χ2v) is 5.68. The number of aliphatic hydroxyl groups excluding tert-OH is 1. The Kier molecular flexibility index (Phi) is 5.24. The quantitative estimate of drug-likeness (QED) is 0.741. The standard InChI is InChI=1S/C18H21N3O2/c1-11-4-5-17(20-9-11)15-7-14(6-12(2)16(15)8-19)18(23)21-13(3)10-22/h4-9,13,19,22H,10H2,1-3H3,(H,21,23)/t13-/m0/s1. The third-order valence-corrected chi connectivity index (χ3v) is 3.63. The lowest BCUT2D eigenvalue weighted by Crippen LogP contribution is -2.35. The molecule has 0 fully saturated rings. The van der Waals surface area contributed by atoms with Crippen LogP contribution in [0, 0.1) is 19.3 Å². The van der Waals surface area contributed by atoms with Crippen LogP contribution >= 0.6 is 0 Å². The van der Waals surface area contributed by atoms with E-state index in [4.69, 9.17) is 10.5 Å². The van der Waals surface area contributed by atoms with Crippen LogP contribution in [0.3, 0.4) is 0 Å². The van der Waals surface area contributed by atoms with E-state index < -0.39 is 0 Å². The monoisotopic (exact) mass is 311 g/mol. The summed E-state index contributed by atoms with van der Waals surface area (Å²) in [5.41, 5.74) is 4.59. The van der Waals surface area contributed by atoms with Crippen molar-refractivity contribution in [3.8, 4) is 11.3 Å². The normalized spacial score (nSPS) is 11.8. The van der Waals surface area contributed by atoms with Gasteiger partial charge in [0.05, 0.1) is 12.3 Å². The minimum atomic E-state index is -0.314. The van der Waals surface area contributed by atoms with E-state index in [9.17, 15) is 4.79 Å². The molecule has 1 atom stereocenters. The predicted molar refractivity (Wildman–Crippen MR) is 91.0 cm³/mol. The molecule has 0 aliphatic heterocycles. The average Bonchev–Trinajstić information content (AvgIpc) is 2.54. The number of aryl methyl sites for hydroxylation is 2. The molecule has 0 unspecified atom stereocenters. The topological polar surface area (TPSA) is 86.1 Å². The SMILES string of the molecule is Cc1ccc(-c2cc(C(=O)N[C@@H](C)CO)cc(C)c2C=N)nc1. The lowest BCUT2D eigenvalue weighted by Gasteiger charge is -2.14. The van der Waals surface area contributed by atoms with Crippen molar-refractivity contribution in [2.75, 3.05) is 6.61 Å². The molecule has 0 aliphatic carbocycles. The summed E-state index contributed by atoms with van der Waals surface area (Å²) in [6, 6.07) is 7.01. The Morgan fingerprint density at radius 1 is 1.39 bits per heavy atom. The molecular formula is C18H21N3O2. The highest BCUT2D eigenvalue weighted by Gasteiger charge is 2.15. The molecule has 0 saturated carbocycles. The van der Waals surface area contributed by atoms with Gasteiger partial charge in [-0.1, -0.05) is 6.07 Å². The van der Waals surface area contributed by atoms with E-state index in [1.807, 2.05) is 26.0 Å². The number of amides is 1. The van der Waals surface area contributed by atoms with Gasteiger partial charge in [-0.25, -0.2) is 0 Å². The summed E-state index contributed by atoms with van der Waals surface area (Å²) in [6.07, 6.45) is 3.04. The number of aromatic nitrogens is 1. The third kappa shape index (κ3) is 3.81. The summed E-state index contributed by atoms with van der Waals surface area (Å²) in [6.45, 7) is 5.44. The van der Waals surface area contributed by atoms with Crippen LogP contribution in [0.25, 0.3) is 11.3 Å². The van der Waals surface area contributed by atoms with E-state index in [1.165, 1.54) is 6.21 Å². The molecule has 1 amide bonds. The van der Waals surface area contributed by atoms with Crippen molar-refractivity contribution in [1.82, 2.24) is 10.3 Å². The molecule has 5 nitrogen and oxygen atoms in total. The van der Waals surface area contributed by atoms with Crippen molar-refractivity contribution < 1.29 is 9.90 Å². The number of carbonyl (C=O) groups excluding carboxylic acids is 1. The highest BCUT2D eigenvalue weighted by molar-refractivity contribution is 5.99. The van der Waals surface area contributed by atoms with Crippen LogP contribution in [0.4, 0.5) is 0 Å². The molecule has 2 aromatic rings. The fourth-order valence-electron chi connectivity index (χ4n) is 2.31. The molecule has 0 aliphatic rings. The van der Waals surface area contributed by atoms with Crippen molar-refractivity contribution >= 4 is 12.1 Å². The fourth-order valence-corrected chi connectivity index (χ4v) is 2.31. The van der Waals surface area contributed by atoms with Crippen LogP contribution in [0.1, 0.15) is 34.0 Å². The fraction of sp³-hybridized carbons (Fsp3) is 0.278. The second-order valence-electron chi connectivity index (χ2n) is 5.68. The Bertz CT molecular complexity index is 724. The van der Waals surface area contributed by atoms with E-state index in [1.54, 1.807) is 25.3 Å². The molecule has 1 heterocycles. The first-order chi connectivity index (χ1) is 11.0. The van der Waals surface area contributed by atoms with E-state index in [-0.39, 0.29) is 18.6 Å². The first kappa shape index (κ1) is 16.8. The minimum Gasteiger partial charge on any atom is -0.394 e. The van der Waals surface area contributed by atoms with Crippen LogP contribution in [-0.2, 0) is 0 Å². The van der Waals surface area contributed by atoms with Gasteiger partial charge in [0.15, 0.2) is 0 Å². The molecule has 0 saturated heterocycles. The van der Waals surface area contributed by atoms with E-state index >= 15 is 0 Å². The molecular weight excluding hydrogens is 290 g/mol. The van der Waals surface area contributed by atoms with Gasteiger partial charge in [-0.15, -0.1) is 0 Å². The highest BCUT2D eigenvalue weighted by atomic mass is 16.3. The maximum Gasteiger partial charge on any atom is 0.251 e. The van der Waals surface area contributed by atoms with Gasteiger partial charge >= 0.3 is 0 Å². The molecule has 1 aromatic carbocycles. The summed E-state index contributed by atoms with van der Waals surface area (Å²) in [7, 11) is 0. The van der Waals surface area contributed by atoms with Crippen LogP contribution in [0.5, 0.6) is 0 Å². The van der Waals surface area contributed by atoms with Gasteiger partial charge in [0.1, 0.15) is 0 Å². The smallest absolute Gasteiger partial charge is 0.251 e. The highest BCUT2D eigenvalue weighted by Crippen LogP contribution is 2.25. The van der Waals surface area contributed by atoms with Crippen molar-refractivity contribution in [2.45, 2.75) is 26.8 Å². The number of hydrogen-bond acceptors (Lipinski definition) is 4. The Balaban J connectivity index is 2.50. The average molecular weight is 311 g/mol. The van der Waals surface area contributed by atoms with Gasteiger partial charge < -0.3 is 15.8 Å². The summed E-state index contributed by atoms with van der Waals surface area (Å²) < 4.78 is 0. The molecule has 5 heteroatoms. The molecule has 1 aromatic heterocycles. The Morgan fingerprint density at radius 2 is 2.13 bits per heavy atom. The van der Waals surface area contributed by atoms with Crippen LogP contribution in [-0.4, -0.2) is 34.9 Å². The summed E-state index contributed by atoms with van der Waals surface area (Å²) in [5, 5.41) is 19.5. The van der Waals surface area contributed by atoms with Crippen LogP contribution < -0.4 is 5.32 Å². The number of carbonyl (C=O) groups is 1. The number of pyridine rings is 1. The van der Waals surface area contributed by atoms with Gasteiger partial charge in [-0.05, 0) is 50.1 Å². The molecule has 0 spiro atoms. The van der Waals surface area contributed by atoms with Crippen molar-refractivity contribution in [3.63, 3.8) is 0 Å². The molecule has 120 valence electrons. The Morgan fingerprint density at radius 3 is 2.70 bits per heavy atom. The van der Waals surface area contributed by atoms with E-state index in [0.717, 1.165) is 27.9 Å². The van der Waals surface area contributed by atoms with Crippen molar-refractivity contribution in [3.05, 3.63) is 52.7 Å². The maximum absolute atomic E-state index is 12.3. The number of hydrogen-bond donors (Lipinski definition) is 3. The van der Waals surface area contributed by atoms with E-state index in [0.29, 0.717) is 5.56 Å². The summed E-state index contributed by atoms with van der Waals surface area (Å²) >= 11 is 0. The third-order valence-electron chi connectivity index (χ3n) is 3.63. The van der Waals surface area contributed by atoms with Gasteiger partial charge in [0.25, 0.3) is 5.91 Å². The second kappa shape index (κ2) is 7.15. The lowest BCUT2D eigenvalue weighted by molar-refractivity contribution is 0.0922. The van der Waals surface area contributed by atoms with Gasteiger partial charge in [-0.3, -0.25) is 9.78 Å². The van der Waals surface area contributed by atoms with Crippen LogP contribution in [0.15, 0.2) is 30.5 Å². The first-order valence-electron chi connectivity index (χ1n) is 7.46. The van der Waals surface area contributed by atoms with Gasteiger partial charge in [0.2, 0.25) is 0 Å².